The summed E-state index contributed by atoms with van der Waals surface area (Å²) in [5.74, 6) is -7.42. The number of carbonyl (C=O) groups excluding carboxylic acids is 4. The Hall–Kier alpha value is -7.83. The van der Waals surface area contributed by atoms with E-state index in [1.165, 1.54) is 21.6 Å². The zero-order valence-electron chi connectivity index (χ0n) is 46.9. The smallest absolute Gasteiger partial charge is 0.317 e. The van der Waals surface area contributed by atoms with E-state index in [-0.39, 0.29) is 104 Å². The van der Waals surface area contributed by atoms with Gasteiger partial charge in [-0.15, -0.1) is 0 Å². The fourth-order valence-electron chi connectivity index (χ4n) is 10.0. The molecule has 1 fully saturated rings. The summed E-state index contributed by atoms with van der Waals surface area (Å²) in [5.41, 5.74) is 4.82. The van der Waals surface area contributed by atoms with Crippen molar-refractivity contribution in [1.82, 2.24) is 55.4 Å². The maximum absolute atomic E-state index is 13.5. The van der Waals surface area contributed by atoms with Gasteiger partial charge in [-0.25, -0.2) is 4.98 Å². The number of hydrogen-bond donors (Lipinski definition) is 10. The average Bonchev–Trinajstić information content (AvgIpc) is 4.07. The number of amides is 4. The van der Waals surface area contributed by atoms with Crippen LogP contribution in [0.1, 0.15) is 67.5 Å². The van der Waals surface area contributed by atoms with Crippen LogP contribution < -0.4 is 31.3 Å². The number of aromatic nitrogens is 3. The third-order valence-corrected chi connectivity index (χ3v) is 15.0. The zero-order chi connectivity index (χ0) is 60.8. The number of benzene rings is 1. The molecule has 0 aliphatic carbocycles. The van der Waals surface area contributed by atoms with Crippen LogP contribution in [-0.4, -0.2) is 238 Å². The molecule has 28 nitrogen and oxygen atoms in total. The largest absolute Gasteiger partial charge is 0.492 e. The number of carbonyl (C=O) groups is 8. The van der Waals surface area contributed by atoms with Gasteiger partial charge in [0.1, 0.15) is 29.4 Å². The van der Waals surface area contributed by atoms with E-state index in [2.05, 4.69) is 49.8 Å². The molecule has 3 aromatic heterocycles. The average molecular weight is 1190 g/mol. The highest BCUT2D eigenvalue weighted by atomic mass is 32.2. The molecule has 4 aromatic rings. The monoisotopic (exact) mass is 1190 g/mol. The minimum atomic E-state index is -4.90. The highest BCUT2D eigenvalue weighted by Crippen LogP contribution is 2.31. The Morgan fingerprint density at radius 3 is 1.95 bits per heavy atom. The van der Waals surface area contributed by atoms with Crippen LogP contribution >= 0.6 is 0 Å². The minimum Gasteiger partial charge on any atom is -0.492 e. The van der Waals surface area contributed by atoms with Gasteiger partial charge in [0.2, 0.25) is 23.6 Å². The van der Waals surface area contributed by atoms with Gasteiger partial charge in [0.25, 0.3) is 10.1 Å². The highest BCUT2D eigenvalue weighted by Gasteiger charge is 2.31. The number of fused-ring (bicyclic) bond motifs is 2. The first-order chi connectivity index (χ1) is 40.1. The van der Waals surface area contributed by atoms with Gasteiger partial charge in [-0.1, -0.05) is 25.1 Å². The summed E-state index contributed by atoms with van der Waals surface area (Å²) in [6, 6.07) is 10.2. The molecule has 1 saturated heterocycles. The molecule has 5 heterocycles. The minimum absolute atomic E-state index is 0.00486. The number of nitrogens with zero attached hydrogens (tertiary/aromatic N) is 7. The molecule has 0 bridgehead atoms. The van der Waals surface area contributed by atoms with Crippen molar-refractivity contribution in [2.75, 3.05) is 116 Å². The molecule has 10 N–H and O–H groups in total. The SMILES string of the molecule is CC[C@H](NC(=O)C(CS(=O)(=O)O)NC(=O)CN1CCN(CC(=O)O)CCN(CC(=O)O)CCN(CC(=O)O)CC1)C(=O)NCCNC(=O)CCCOc1cncc(C(CC(=O)O)n2ccc3c(CCc4ccc5c(n4)NCCC5)cccc32)c1. The Kier molecular flexibility index (Phi) is 25.1. The summed E-state index contributed by atoms with van der Waals surface area (Å²) in [5, 5.41) is 52.9. The lowest BCUT2D eigenvalue weighted by molar-refractivity contribution is -0.140. The molecule has 2 aliphatic rings. The van der Waals surface area contributed by atoms with Gasteiger partial charge >= 0.3 is 23.9 Å². The second-order valence-electron chi connectivity index (χ2n) is 20.7. The van der Waals surface area contributed by atoms with Crippen molar-refractivity contribution in [2.24, 2.45) is 0 Å². The van der Waals surface area contributed by atoms with E-state index < -0.39 is 95.2 Å². The van der Waals surface area contributed by atoms with E-state index in [4.69, 9.17) is 9.72 Å². The van der Waals surface area contributed by atoms with Crippen LogP contribution in [0, 0.1) is 0 Å². The van der Waals surface area contributed by atoms with E-state index in [9.17, 15) is 71.8 Å². The van der Waals surface area contributed by atoms with Crippen LogP contribution in [0.15, 0.2) is 61.1 Å². The number of aliphatic carboxylic acids is 4. The van der Waals surface area contributed by atoms with E-state index in [0.29, 0.717) is 17.7 Å². The van der Waals surface area contributed by atoms with E-state index in [0.717, 1.165) is 60.2 Å². The molecule has 6 rings (SSSR count). The van der Waals surface area contributed by atoms with Gasteiger partial charge in [0.15, 0.2) is 0 Å². The number of rotatable bonds is 30. The third kappa shape index (κ3) is 21.7. The van der Waals surface area contributed by atoms with Gasteiger partial charge < -0.3 is 56.3 Å². The van der Waals surface area contributed by atoms with E-state index >= 15 is 0 Å². The molecule has 84 heavy (non-hydrogen) atoms. The van der Waals surface area contributed by atoms with Crippen LogP contribution in [0.3, 0.4) is 0 Å². The topological polar surface area (TPSA) is 385 Å². The highest BCUT2D eigenvalue weighted by molar-refractivity contribution is 7.85. The summed E-state index contributed by atoms with van der Waals surface area (Å²) >= 11 is 0. The Bertz CT molecular complexity index is 3020. The van der Waals surface area contributed by atoms with Crippen LogP contribution in [-0.2, 0) is 67.7 Å². The number of aryl methyl sites for hydroxylation is 3. The van der Waals surface area contributed by atoms with Crippen molar-refractivity contribution in [3.05, 3.63) is 83.4 Å². The summed E-state index contributed by atoms with van der Waals surface area (Å²) in [4.78, 5) is 115. The van der Waals surface area contributed by atoms with Gasteiger partial charge in [-0.3, -0.25) is 67.5 Å². The van der Waals surface area contributed by atoms with Gasteiger partial charge in [-0.05, 0) is 79.5 Å². The van der Waals surface area contributed by atoms with E-state index in [1.807, 2.05) is 29.0 Å². The first kappa shape index (κ1) is 65.3. The van der Waals surface area contributed by atoms with Crippen molar-refractivity contribution in [2.45, 2.75) is 76.4 Å². The molecule has 1 aromatic carbocycles. The first-order valence-electron chi connectivity index (χ1n) is 27.9. The maximum Gasteiger partial charge on any atom is 0.317 e. The lowest BCUT2D eigenvalue weighted by atomic mass is 10.0. The van der Waals surface area contributed by atoms with Crippen molar-refractivity contribution in [3.63, 3.8) is 0 Å². The molecule has 0 saturated carbocycles. The van der Waals surface area contributed by atoms with Crippen molar-refractivity contribution < 1.29 is 76.5 Å². The predicted octanol–water partition coefficient (Wildman–Crippen LogP) is -0.227. The molecule has 458 valence electrons. The number of pyridine rings is 2. The summed E-state index contributed by atoms with van der Waals surface area (Å²) in [7, 11) is -4.90. The first-order valence-corrected chi connectivity index (χ1v) is 29.5. The number of nitrogens with one attached hydrogen (secondary N) is 5. The maximum atomic E-state index is 13.5. The Morgan fingerprint density at radius 1 is 0.714 bits per heavy atom. The Morgan fingerprint density at radius 2 is 1.35 bits per heavy atom. The lowest BCUT2D eigenvalue weighted by Gasteiger charge is -2.33. The van der Waals surface area contributed by atoms with Crippen LogP contribution in [0.2, 0.25) is 0 Å². The van der Waals surface area contributed by atoms with Crippen molar-refractivity contribution in [1.29, 1.82) is 0 Å². The number of carboxylic acid groups (broad SMARTS) is 4. The molecule has 4 amide bonds. The molecule has 2 aliphatic heterocycles. The van der Waals surface area contributed by atoms with Crippen LogP contribution in [0.5, 0.6) is 5.75 Å². The summed E-state index contributed by atoms with van der Waals surface area (Å²) in [6.07, 6.45) is 8.70. The van der Waals surface area contributed by atoms with Gasteiger partial charge in [-0.2, -0.15) is 8.42 Å². The van der Waals surface area contributed by atoms with Crippen molar-refractivity contribution in [3.8, 4) is 5.75 Å². The zero-order valence-corrected chi connectivity index (χ0v) is 47.8. The second-order valence-corrected chi connectivity index (χ2v) is 22.2. The molecule has 3 atom stereocenters. The van der Waals surface area contributed by atoms with Crippen LogP contribution in [0.25, 0.3) is 10.9 Å². The third-order valence-electron chi connectivity index (χ3n) is 14.3. The molecular formula is C55H76N12O16S. The number of anilines is 1. The Labute approximate surface area is 486 Å². The van der Waals surface area contributed by atoms with Gasteiger partial charge in [0, 0.05) is 107 Å². The number of hydrogen-bond acceptors (Lipinski definition) is 18. The number of ether oxygens (including phenoxy) is 1. The summed E-state index contributed by atoms with van der Waals surface area (Å²) < 4.78 is 41.8. The lowest BCUT2D eigenvalue weighted by Crippen LogP contribution is -2.57. The second kappa shape index (κ2) is 32.3. The molecule has 2 unspecified atom stereocenters. The molecule has 29 heteroatoms. The van der Waals surface area contributed by atoms with Crippen LogP contribution in [0.4, 0.5) is 5.82 Å². The normalized spacial score (nSPS) is 16.1. The van der Waals surface area contributed by atoms with Gasteiger partial charge in [0.05, 0.1) is 51.4 Å². The van der Waals surface area contributed by atoms with Crippen molar-refractivity contribution >= 4 is 74.3 Å². The van der Waals surface area contributed by atoms with E-state index in [1.54, 1.807) is 29.0 Å². The molecular weight excluding hydrogens is 1120 g/mol. The predicted molar refractivity (Wildman–Crippen MR) is 305 cm³/mol. The standard InChI is InChI=1S/C55H76N12O16S/c1-2-43(62-55(79)44(36-84(80,81)82)61-48(69)32-63-19-21-64(33-50(72)73)23-25-66(35-52(76)77)26-24-65(22-20-63)34-51(74)75)54(78)59-17-16-57-47(68)9-5-27-83-41-28-39(30-56-31-41)46(29-49(70)71)67-18-14-42-37(6-3-8-45(42)67)10-12-40-13-11-38-7-4-15-58-53(38)60-40/h3,6,8,11,13-14,18,28,30-31,43-44,46H,2,4-5,7,9-10,12,15-17,19-27,29,32-36H2,1H3,(H,57,68)(H,58,60)(H,59,78)(H,61,69)(H,62,79)(H,70,71)(H,72,73)(H,74,75)(H,76,77)(H,80,81,82)/t43-,44?,46?/m0/s1. The fraction of sp³-hybridized carbons (Fsp3) is 0.527. The molecule has 0 spiro atoms. The molecule has 0 radical (unpaired) electrons. The fourth-order valence-corrected chi connectivity index (χ4v) is 10.7. The summed E-state index contributed by atoms with van der Waals surface area (Å²) in [6.45, 7) is 1.58. The quantitative estimate of drug-likeness (QED) is 0.0238. The number of carboxylic acids is 4. The Balaban J connectivity index is 0.955.